The minimum absolute atomic E-state index is 0.00783. The van der Waals surface area contributed by atoms with Crippen LogP contribution in [0.1, 0.15) is 12.0 Å². The van der Waals surface area contributed by atoms with E-state index in [4.69, 9.17) is 0 Å². The van der Waals surface area contributed by atoms with Crippen molar-refractivity contribution in [2.45, 2.75) is 18.6 Å². The van der Waals surface area contributed by atoms with Crippen LogP contribution in [-0.4, -0.2) is 74.5 Å². The summed E-state index contributed by atoms with van der Waals surface area (Å²) in [4.78, 5) is 19.8. The van der Waals surface area contributed by atoms with E-state index in [0.29, 0.717) is 38.4 Å². The molecule has 1 N–H and O–H groups in total. The fourth-order valence-electron chi connectivity index (χ4n) is 3.26. The Bertz CT molecular complexity index is 775. The van der Waals surface area contributed by atoms with Crippen LogP contribution in [0.15, 0.2) is 18.3 Å². The van der Waals surface area contributed by atoms with Crippen LogP contribution in [0.2, 0.25) is 0 Å². The van der Waals surface area contributed by atoms with Gasteiger partial charge in [0.15, 0.2) is 9.84 Å². The number of alkyl halides is 3. The Hall–Kier alpha value is -1.88. The molecule has 0 saturated carbocycles. The average Bonchev–Trinajstić information content (AvgIpc) is 2.93. The smallest absolute Gasteiger partial charge is 0.354 e. The summed E-state index contributed by atoms with van der Waals surface area (Å²) in [7, 11) is -3.04. The van der Waals surface area contributed by atoms with Gasteiger partial charge in [0.2, 0.25) is 5.91 Å². The molecule has 7 nitrogen and oxygen atoms in total. The van der Waals surface area contributed by atoms with Gasteiger partial charge in [0.05, 0.1) is 23.6 Å². The number of rotatable bonds is 4. The third-order valence-corrected chi connectivity index (χ3v) is 6.50. The summed E-state index contributed by atoms with van der Waals surface area (Å²) >= 11 is 0. The number of aromatic nitrogens is 1. The number of hydrogen-bond acceptors (Lipinski definition) is 6. The SMILES string of the molecule is O=C(CN1CCN(c2ccc(C(F)(F)F)cn2)CC1)N[C@@H]1CCS(=O)(=O)C1. The van der Waals surface area contributed by atoms with Crippen molar-refractivity contribution in [3.05, 3.63) is 23.9 Å². The highest BCUT2D eigenvalue weighted by Crippen LogP contribution is 2.29. The molecule has 3 heterocycles. The first-order chi connectivity index (χ1) is 12.6. The molecule has 0 bridgehead atoms. The van der Waals surface area contributed by atoms with Crippen LogP contribution in [-0.2, 0) is 20.8 Å². The van der Waals surface area contributed by atoms with E-state index in [0.717, 1.165) is 12.3 Å². The summed E-state index contributed by atoms with van der Waals surface area (Å²) in [5.41, 5.74) is -0.782. The van der Waals surface area contributed by atoms with E-state index in [9.17, 15) is 26.4 Å². The topological polar surface area (TPSA) is 82.6 Å². The fourth-order valence-corrected chi connectivity index (χ4v) is 4.93. The van der Waals surface area contributed by atoms with E-state index in [1.807, 2.05) is 9.80 Å². The Morgan fingerprint density at radius 1 is 1.22 bits per heavy atom. The number of piperazine rings is 1. The van der Waals surface area contributed by atoms with Gasteiger partial charge in [-0.3, -0.25) is 9.69 Å². The number of anilines is 1. The summed E-state index contributed by atoms with van der Waals surface area (Å²) in [5, 5.41) is 2.75. The van der Waals surface area contributed by atoms with Gasteiger partial charge in [-0.2, -0.15) is 13.2 Å². The minimum atomic E-state index is -4.41. The van der Waals surface area contributed by atoms with Gasteiger partial charge in [-0.05, 0) is 18.6 Å². The zero-order valence-electron chi connectivity index (χ0n) is 14.6. The number of carbonyl (C=O) groups is 1. The first kappa shape index (κ1) is 19.9. The Morgan fingerprint density at radius 3 is 2.44 bits per heavy atom. The Kier molecular flexibility index (Phi) is 5.61. The summed E-state index contributed by atoms with van der Waals surface area (Å²) in [6, 6.07) is 2.05. The number of sulfone groups is 1. The molecule has 11 heteroatoms. The highest BCUT2D eigenvalue weighted by molar-refractivity contribution is 7.91. The first-order valence-corrected chi connectivity index (χ1v) is 10.4. The zero-order chi connectivity index (χ0) is 19.7. The van der Waals surface area contributed by atoms with Crippen molar-refractivity contribution in [2.24, 2.45) is 0 Å². The van der Waals surface area contributed by atoms with E-state index in [1.54, 1.807) is 0 Å². The molecule has 3 rings (SSSR count). The van der Waals surface area contributed by atoms with Gasteiger partial charge in [0.25, 0.3) is 0 Å². The van der Waals surface area contributed by atoms with Crippen molar-refractivity contribution in [3.63, 3.8) is 0 Å². The second kappa shape index (κ2) is 7.63. The average molecular weight is 406 g/mol. The molecule has 27 heavy (non-hydrogen) atoms. The summed E-state index contributed by atoms with van der Waals surface area (Å²) in [5.74, 6) is 0.365. The molecule has 0 unspecified atom stereocenters. The number of amides is 1. The molecule has 2 aliphatic heterocycles. The molecular formula is C16H21F3N4O3S. The molecule has 1 atom stereocenters. The van der Waals surface area contributed by atoms with Crippen molar-refractivity contribution < 1.29 is 26.4 Å². The van der Waals surface area contributed by atoms with Crippen molar-refractivity contribution in [1.29, 1.82) is 0 Å². The van der Waals surface area contributed by atoms with Gasteiger partial charge in [-0.1, -0.05) is 0 Å². The molecule has 0 aliphatic carbocycles. The zero-order valence-corrected chi connectivity index (χ0v) is 15.4. The number of hydrogen-bond donors (Lipinski definition) is 1. The molecule has 2 saturated heterocycles. The fraction of sp³-hybridized carbons (Fsp3) is 0.625. The quantitative estimate of drug-likeness (QED) is 0.786. The lowest BCUT2D eigenvalue weighted by Crippen LogP contribution is -2.50. The lowest BCUT2D eigenvalue weighted by atomic mass is 10.2. The maximum atomic E-state index is 12.6. The summed E-state index contributed by atoms with van der Waals surface area (Å²) < 4.78 is 60.6. The van der Waals surface area contributed by atoms with Crippen molar-refractivity contribution >= 4 is 21.6 Å². The molecule has 2 aliphatic rings. The maximum absolute atomic E-state index is 12.6. The van der Waals surface area contributed by atoms with Gasteiger partial charge in [0.1, 0.15) is 5.82 Å². The Morgan fingerprint density at radius 2 is 1.93 bits per heavy atom. The van der Waals surface area contributed by atoms with Crippen LogP contribution >= 0.6 is 0 Å². The van der Waals surface area contributed by atoms with Crippen LogP contribution in [0, 0.1) is 0 Å². The third-order valence-electron chi connectivity index (χ3n) is 4.74. The maximum Gasteiger partial charge on any atom is 0.417 e. The number of nitrogens with one attached hydrogen (secondary N) is 1. The predicted octanol–water partition coefficient (Wildman–Crippen LogP) is 0.526. The predicted molar refractivity (Wildman–Crippen MR) is 93.1 cm³/mol. The van der Waals surface area contributed by atoms with Crippen LogP contribution in [0.25, 0.3) is 0 Å². The number of carbonyl (C=O) groups excluding carboxylic acids is 1. The third kappa shape index (κ3) is 5.32. The Labute approximate surface area is 155 Å². The largest absolute Gasteiger partial charge is 0.417 e. The van der Waals surface area contributed by atoms with E-state index < -0.39 is 21.6 Å². The molecule has 150 valence electrons. The van der Waals surface area contributed by atoms with Gasteiger partial charge in [-0.25, -0.2) is 13.4 Å². The second-order valence-electron chi connectivity index (χ2n) is 6.83. The highest BCUT2D eigenvalue weighted by Gasteiger charge is 2.31. The number of nitrogens with zero attached hydrogens (tertiary/aromatic N) is 3. The van der Waals surface area contributed by atoms with E-state index >= 15 is 0 Å². The molecule has 1 amide bonds. The highest BCUT2D eigenvalue weighted by atomic mass is 32.2. The van der Waals surface area contributed by atoms with E-state index in [-0.39, 0.29) is 30.0 Å². The molecule has 1 aromatic heterocycles. The molecule has 1 aromatic rings. The normalized spacial score (nSPS) is 23.4. The summed E-state index contributed by atoms with van der Waals surface area (Å²) in [6.45, 7) is 2.40. The Balaban J connectivity index is 1.45. The monoisotopic (exact) mass is 406 g/mol. The number of pyridine rings is 1. The van der Waals surface area contributed by atoms with Crippen LogP contribution in [0.4, 0.5) is 19.0 Å². The minimum Gasteiger partial charge on any atom is -0.354 e. The van der Waals surface area contributed by atoms with Gasteiger partial charge in [0, 0.05) is 38.4 Å². The first-order valence-electron chi connectivity index (χ1n) is 8.63. The van der Waals surface area contributed by atoms with Crippen LogP contribution in [0.3, 0.4) is 0 Å². The van der Waals surface area contributed by atoms with Gasteiger partial charge >= 0.3 is 6.18 Å². The summed E-state index contributed by atoms with van der Waals surface area (Å²) in [6.07, 6.45) is -3.14. The van der Waals surface area contributed by atoms with Gasteiger partial charge in [-0.15, -0.1) is 0 Å². The number of halogens is 3. The van der Waals surface area contributed by atoms with Crippen molar-refractivity contribution in [1.82, 2.24) is 15.2 Å². The van der Waals surface area contributed by atoms with Crippen LogP contribution in [0.5, 0.6) is 0 Å². The lowest BCUT2D eigenvalue weighted by Gasteiger charge is -2.35. The standard InChI is InChI=1S/C16H21F3N4O3S/c17-16(18,19)12-1-2-14(20-9-12)23-6-4-22(5-7-23)10-15(24)21-13-3-8-27(25,26)11-13/h1-2,9,13H,3-8,10-11H2,(H,21,24)/t13-/m1/s1. The second-order valence-corrected chi connectivity index (χ2v) is 9.06. The van der Waals surface area contributed by atoms with E-state index in [2.05, 4.69) is 10.3 Å². The molecule has 2 fully saturated rings. The molecule has 0 aromatic carbocycles. The molecule has 0 radical (unpaired) electrons. The van der Waals surface area contributed by atoms with Crippen molar-refractivity contribution in [3.8, 4) is 0 Å². The molecule has 0 spiro atoms. The lowest BCUT2D eigenvalue weighted by molar-refractivity contribution is -0.137. The van der Waals surface area contributed by atoms with Crippen molar-refractivity contribution in [2.75, 3.05) is 49.1 Å². The van der Waals surface area contributed by atoms with Crippen LogP contribution < -0.4 is 10.2 Å². The molecular weight excluding hydrogens is 385 g/mol. The van der Waals surface area contributed by atoms with Gasteiger partial charge < -0.3 is 10.2 Å². The van der Waals surface area contributed by atoms with E-state index in [1.165, 1.54) is 6.07 Å².